The summed E-state index contributed by atoms with van der Waals surface area (Å²) in [6, 6.07) is -0.153. The van der Waals surface area contributed by atoms with Gasteiger partial charge in [-0.15, -0.1) is 0 Å². The molecule has 0 saturated carbocycles. The van der Waals surface area contributed by atoms with E-state index < -0.39 is 0 Å². The van der Waals surface area contributed by atoms with Crippen molar-refractivity contribution in [2.45, 2.75) is 52.2 Å². The van der Waals surface area contributed by atoms with Crippen LogP contribution < -0.4 is 5.32 Å². The normalized spacial score (nSPS) is 32.9. The standard InChI is InChI=1S/C14H26N2O2/c1-11-12(15-7-10-18-11)13(17)16-8-4-5-14(2,3)6-9-16/h11-12,15H,4-10H2,1-3H3/t11-,12+/m1/s1. The molecule has 0 aromatic heterocycles. The number of rotatable bonds is 1. The summed E-state index contributed by atoms with van der Waals surface area (Å²) in [5.74, 6) is 0.222. The number of morpholine rings is 1. The Labute approximate surface area is 110 Å². The van der Waals surface area contributed by atoms with Crippen LogP contribution in [0.15, 0.2) is 0 Å². The lowest BCUT2D eigenvalue weighted by Crippen LogP contribution is -2.56. The van der Waals surface area contributed by atoms with Gasteiger partial charge in [0.1, 0.15) is 6.04 Å². The second-order valence-corrected chi connectivity index (χ2v) is 6.35. The van der Waals surface area contributed by atoms with Gasteiger partial charge in [0.15, 0.2) is 0 Å². The van der Waals surface area contributed by atoms with E-state index in [1.807, 2.05) is 11.8 Å². The molecule has 4 nitrogen and oxygen atoms in total. The highest BCUT2D eigenvalue weighted by atomic mass is 16.5. The van der Waals surface area contributed by atoms with Crippen molar-refractivity contribution in [2.24, 2.45) is 5.41 Å². The molecule has 2 saturated heterocycles. The Bertz CT molecular complexity index is 304. The molecule has 0 unspecified atom stereocenters. The molecule has 0 bridgehead atoms. The fourth-order valence-electron chi connectivity index (χ4n) is 2.85. The number of ether oxygens (including phenoxy) is 1. The van der Waals surface area contributed by atoms with Gasteiger partial charge in [-0.1, -0.05) is 13.8 Å². The molecule has 0 aliphatic carbocycles. The number of hydrogen-bond acceptors (Lipinski definition) is 3. The van der Waals surface area contributed by atoms with Gasteiger partial charge in [-0.25, -0.2) is 0 Å². The first kappa shape index (κ1) is 13.8. The van der Waals surface area contributed by atoms with Gasteiger partial charge < -0.3 is 15.0 Å². The molecular weight excluding hydrogens is 228 g/mol. The minimum Gasteiger partial charge on any atom is -0.375 e. The molecule has 0 aromatic carbocycles. The van der Waals surface area contributed by atoms with Crippen molar-refractivity contribution in [2.75, 3.05) is 26.2 Å². The molecular formula is C14H26N2O2. The molecule has 1 N–H and O–H groups in total. The number of carbonyl (C=O) groups excluding carboxylic acids is 1. The Balaban J connectivity index is 1.96. The van der Waals surface area contributed by atoms with E-state index in [0.29, 0.717) is 12.0 Å². The second-order valence-electron chi connectivity index (χ2n) is 6.35. The van der Waals surface area contributed by atoms with Crippen LogP contribution in [0.4, 0.5) is 0 Å². The summed E-state index contributed by atoms with van der Waals surface area (Å²) in [6.07, 6.45) is 3.41. The SMILES string of the molecule is C[C@H]1OCCN[C@@H]1C(=O)N1CCCC(C)(C)CC1. The van der Waals surface area contributed by atoms with E-state index in [-0.39, 0.29) is 18.1 Å². The van der Waals surface area contributed by atoms with E-state index in [2.05, 4.69) is 19.2 Å². The maximum absolute atomic E-state index is 12.5. The maximum atomic E-state index is 12.5. The van der Waals surface area contributed by atoms with Crippen molar-refractivity contribution in [1.29, 1.82) is 0 Å². The average molecular weight is 254 g/mol. The van der Waals surface area contributed by atoms with E-state index in [1.54, 1.807) is 0 Å². The van der Waals surface area contributed by atoms with Crippen LogP contribution in [0.5, 0.6) is 0 Å². The van der Waals surface area contributed by atoms with Crippen LogP contribution in [-0.2, 0) is 9.53 Å². The summed E-state index contributed by atoms with van der Waals surface area (Å²) < 4.78 is 5.56. The lowest BCUT2D eigenvalue weighted by molar-refractivity contribution is -0.139. The fourth-order valence-corrected chi connectivity index (χ4v) is 2.85. The van der Waals surface area contributed by atoms with E-state index in [1.165, 1.54) is 6.42 Å². The van der Waals surface area contributed by atoms with Gasteiger partial charge in [-0.2, -0.15) is 0 Å². The molecule has 2 aliphatic heterocycles. The Morgan fingerprint density at radius 3 is 2.83 bits per heavy atom. The monoisotopic (exact) mass is 254 g/mol. The third kappa shape index (κ3) is 3.23. The Kier molecular flexibility index (Phi) is 4.28. The van der Waals surface area contributed by atoms with Gasteiger partial charge in [0.2, 0.25) is 5.91 Å². The predicted octanol–water partition coefficient (Wildman–Crippen LogP) is 1.40. The third-order valence-corrected chi connectivity index (χ3v) is 4.23. The summed E-state index contributed by atoms with van der Waals surface area (Å²) in [6.45, 7) is 9.84. The van der Waals surface area contributed by atoms with Gasteiger partial charge in [-0.05, 0) is 31.6 Å². The van der Waals surface area contributed by atoms with E-state index in [9.17, 15) is 4.79 Å². The number of amides is 1. The lowest BCUT2D eigenvalue weighted by atomic mass is 9.85. The highest BCUT2D eigenvalue weighted by molar-refractivity contribution is 5.82. The van der Waals surface area contributed by atoms with Crippen molar-refractivity contribution in [1.82, 2.24) is 10.2 Å². The minimum absolute atomic E-state index is 0.0116. The number of likely N-dealkylation sites (tertiary alicyclic amines) is 1. The van der Waals surface area contributed by atoms with Gasteiger partial charge in [-0.3, -0.25) is 4.79 Å². The van der Waals surface area contributed by atoms with E-state index in [4.69, 9.17) is 4.74 Å². The van der Waals surface area contributed by atoms with E-state index in [0.717, 1.165) is 32.5 Å². The van der Waals surface area contributed by atoms with Crippen molar-refractivity contribution >= 4 is 5.91 Å². The maximum Gasteiger partial charge on any atom is 0.242 e. The van der Waals surface area contributed by atoms with Crippen molar-refractivity contribution in [3.05, 3.63) is 0 Å². The molecule has 0 aromatic rings. The van der Waals surface area contributed by atoms with Crippen LogP contribution in [0, 0.1) is 5.41 Å². The molecule has 2 heterocycles. The summed E-state index contributed by atoms with van der Waals surface area (Å²) >= 11 is 0. The molecule has 4 heteroatoms. The Morgan fingerprint density at radius 1 is 1.33 bits per heavy atom. The zero-order valence-electron chi connectivity index (χ0n) is 11.9. The van der Waals surface area contributed by atoms with Crippen molar-refractivity contribution < 1.29 is 9.53 Å². The summed E-state index contributed by atoms with van der Waals surface area (Å²) in [5.41, 5.74) is 0.372. The molecule has 2 fully saturated rings. The third-order valence-electron chi connectivity index (χ3n) is 4.23. The molecule has 2 rings (SSSR count). The number of nitrogens with zero attached hydrogens (tertiary/aromatic N) is 1. The lowest BCUT2D eigenvalue weighted by Gasteiger charge is -2.33. The topological polar surface area (TPSA) is 41.6 Å². The number of carbonyl (C=O) groups is 1. The van der Waals surface area contributed by atoms with Crippen LogP contribution in [0.3, 0.4) is 0 Å². The first-order valence-corrected chi connectivity index (χ1v) is 7.13. The zero-order chi connectivity index (χ0) is 13.2. The Morgan fingerprint density at radius 2 is 2.11 bits per heavy atom. The highest BCUT2D eigenvalue weighted by Gasteiger charge is 2.33. The number of nitrogens with one attached hydrogen (secondary N) is 1. The molecule has 104 valence electrons. The van der Waals surface area contributed by atoms with Gasteiger partial charge >= 0.3 is 0 Å². The van der Waals surface area contributed by atoms with Crippen LogP contribution in [0.1, 0.15) is 40.0 Å². The summed E-state index contributed by atoms with van der Waals surface area (Å²) in [4.78, 5) is 14.5. The molecule has 0 spiro atoms. The first-order valence-electron chi connectivity index (χ1n) is 7.13. The smallest absolute Gasteiger partial charge is 0.242 e. The predicted molar refractivity (Wildman–Crippen MR) is 71.4 cm³/mol. The molecule has 0 radical (unpaired) electrons. The fraction of sp³-hybridized carbons (Fsp3) is 0.929. The quantitative estimate of drug-likeness (QED) is 0.769. The van der Waals surface area contributed by atoms with Crippen LogP contribution >= 0.6 is 0 Å². The van der Waals surface area contributed by atoms with Gasteiger partial charge in [0.25, 0.3) is 0 Å². The van der Waals surface area contributed by atoms with E-state index >= 15 is 0 Å². The first-order chi connectivity index (χ1) is 8.49. The number of hydrogen-bond donors (Lipinski definition) is 1. The van der Waals surface area contributed by atoms with Gasteiger partial charge in [0, 0.05) is 19.6 Å². The second kappa shape index (κ2) is 5.57. The van der Waals surface area contributed by atoms with Crippen LogP contribution in [0.2, 0.25) is 0 Å². The zero-order valence-corrected chi connectivity index (χ0v) is 11.9. The molecule has 2 atom stereocenters. The van der Waals surface area contributed by atoms with Gasteiger partial charge in [0.05, 0.1) is 12.7 Å². The van der Waals surface area contributed by atoms with Crippen LogP contribution in [0.25, 0.3) is 0 Å². The highest BCUT2D eigenvalue weighted by Crippen LogP contribution is 2.30. The largest absolute Gasteiger partial charge is 0.375 e. The molecule has 1 amide bonds. The molecule has 18 heavy (non-hydrogen) atoms. The van der Waals surface area contributed by atoms with Crippen molar-refractivity contribution in [3.8, 4) is 0 Å². The molecule has 2 aliphatic rings. The van der Waals surface area contributed by atoms with Crippen molar-refractivity contribution in [3.63, 3.8) is 0 Å². The minimum atomic E-state index is -0.153. The average Bonchev–Trinajstić information content (AvgIpc) is 2.50. The summed E-state index contributed by atoms with van der Waals surface area (Å²) in [5, 5.41) is 3.29. The Hall–Kier alpha value is -0.610. The summed E-state index contributed by atoms with van der Waals surface area (Å²) in [7, 11) is 0. The van der Waals surface area contributed by atoms with Crippen LogP contribution in [-0.4, -0.2) is 49.2 Å².